The maximum absolute atomic E-state index is 13.9. The third-order valence-corrected chi connectivity index (χ3v) is 6.50. The van der Waals surface area contributed by atoms with E-state index >= 15 is 0 Å². The van der Waals surface area contributed by atoms with Gasteiger partial charge in [-0.1, -0.05) is 18.2 Å². The van der Waals surface area contributed by atoms with E-state index in [1.807, 2.05) is 24.3 Å². The van der Waals surface area contributed by atoms with Crippen molar-refractivity contribution in [2.45, 2.75) is 0 Å². The standard InChI is InChI=1S/C22H20FN7OS/c23-20-18(24)14(4-6-25-20)15-3-1-2-13-12-17(32-19(13)15)16-5-7-26-21(29-16)27-8-10-30-11-9-28-22(30)31/h1-7,12H,8-11,24H2,(H,28,31)(H,26,27,29). The smallest absolute Gasteiger partial charge is 0.317 e. The summed E-state index contributed by atoms with van der Waals surface area (Å²) in [6.07, 6.45) is 3.12. The molecule has 0 spiro atoms. The lowest BCUT2D eigenvalue weighted by Gasteiger charge is -2.14. The predicted molar refractivity (Wildman–Crippen MR) is 124 cm³/mol. The van der Waals surface area contributed by atoms with Crippen LogP contribution < -0.4 is 16.4 Å². The number of pyridine rings is 1. The molecule has 4 aromatic rings. The number of urea groups is 1. The number of amides is 2. The first-order chi connectivity index (χ1) is 15.6. The summed E-state index contributed by atoms with van der Waals surface area (Å²) in [6.45, 7) is 2.52. The molecule has 8 nitrogen and oxygen atoms in total. The molecule has 1 fully saturated rings. The maximum Gasteiger partial charge on any atom is 0.317 e. The number of benzene rings is 1. The average Bonchev–Trinajstić information content (AvgIpc) is 3.42. The lowest BCUT2D eigenvalue weighted by Crippen LogP contribution is -2.32. The average molecular weight is 450 g/mol. The van der Waals surface area contributed by atoms with Gasteiger partial charge in [0.1, 0.15) is 0 Å². The van der Waals surface area contributed by atoms with Crippen LogP contribution in [0.3, 0.4) is 0 Å². The van der Waals surface area contributed by atoms with Crippen LogP contribution in [0.15, 0.2) is 48.8 Å². The predicted octanol–water partition coefficient (Wildman–Crippen LogP) is 3.58. The van der Waals surface area contributed by atoms with Gasteiger partial charge in [-0.2, -0.15) is 4.39 Å². The SMILES string of the molecule is Nc1c(-c2cccc3cc(-c4ccnc(NCCN5CCNC5=O)n4)sc23)ccnc1F. The summed E-state index contributed by atoms with van der Waals surface area (Å²) >= 11 is 1.56. The van der Waals surface area contributed by atoms with E-state index in [9.17, 15) is 9.18 Å². The third kappa shape index (κ3) is 3.80. The minimum absolute atomic E-state index is 0.0372. The molecule has 5 rings (SSSR count). The van der Waals surface area contributed by atoms with E-state index in [0.717, 1.165) is 26.2 Å². The zero-order valence-corrected chi connectivity index (χ0v) is 17.8. The van der Waals surface area contributed by atoms with Crippen LogP contribution in [-0.4, -0.2) is 52.1 Å². The fourth-order valence-electron chi connectivity index (χ4n) is 3.69. The van der Waals surface area contributed by atoms with Gasteiger partial charge < -0.3 is 21.3 Å². The number of nitrogens with two attached hydrogens (primary N) is 1. The van der Waals surface area contributed by atoms with E-state index in [2.05, 4.69) is 31.7 Å². The number of fused-ring (bicyclic) bond motifs is 1. The lowest BCUT2D eigenvalue weighted by molar-refractivity contribution is 0.219. The summed E-state index contributed by atoms with van der Waals surface area (Å²) in [5.74, 6) is -0.172. The van der Waals surface area contributed by atoms with Crippen LogP contribution >= 0.6 is 11.3 Å². The number of carbonyl (C=O) groups is 1. The topological polar surface area (TPSA) is 109 Å². The molecule has 1 aliphatic rings. The molecule has 3 aromatic heterocycles. The largest absolute Gasteiger partial charge is 0.395 e. The van der Waals surface area contributed by atoms with Crippen molar-refractivity contribution in [3.63, 3.8) is 0 Å². The molecule has 10 heteroatoms. The molecule has 0 bridgehead atoms. The molecule has 1 aromatic carbocycles. The van der Waals surface area contributed by atoms with Crippen LogP contribution in [0.5, 0.6) is 0 Å². The highest BCUT2D eigenvalue weighted by Gasteiger charge is 2.18. The van der Waals surface area contributed by atoms with Crippen LogP contribution in [0.25, 0.3) is 31.8 Å². The lowest BCUT2D eigenvalue weighted by atomic mass is 10.0. The summed E-state index contributed by atoms with van der Waals surface area (Å²) in [4.78, 5) is 26.9. The molecular weight excluding hydrogens is 429 g/mol. The fourth-order valence-corrected chi connectivity index (χ4v) is 4.85. The summed E-state index contributed by atoms with van der Waals surface area (Å²) in [7, 11) is 0. The minimum Gasteiger partial charge on any atom is -0.395 e. The second kappa shape index (κ2) is 8.39. The Morgan fingerprint density at radius 1 is 1.19 bits per heavy atom. The molecule has 0 aliphatic carbocycles. The summed E-state index contributed by atoms with van der Waals surface area (Å²) in [5, 5.41) is 6.98. The highest BCUT2D eigenvalue weighted by atomic mass is 32.1. The van der Waals surface area contributed by atoms with Crippen LogP contribution in [0.4, 0.5) is 20.8 Å². The zero-order chi connectivity index (χ0) is 22.1. The van der Waals surface area contributed by atoms with Gasteiger partial charge in [0, 0.05) is 54.4 Å². The first kappa shape index (κ1) is 20.1. The molecule has 2 amide bonds. The highest BCUT2D eigenvalue weighted by Crippen LogP contribution is 2.40. The number of halogens is 1. The normalized spacial score (nSPS) is 13.5. The van der Waals surface area contributed by atoms with Crippen molar-refractivity contribution in [3.05, 3.63) is 54.7 Å². The second-order valence-corrected chi connectivity index (χ2v) is 8.36. The van der Waals surface area contributed by atoms with Crippen molar-refractivity contribution in [3.8, 4) is 21.7 Å². The number of anilines is 2. The number of nitrogens with one attached hydrogen (secondary N) is 2. The molecule has 4 heterocycles. The molecular formula is C22H20FN7OS. The Morgan fingerprint density at radius 2 is 2.06 bits per heavy atom. The Kier molecular flexibility index (Phi) is 5.28. The summed E-state index contributed by atoms with van der Waals surface area (Å²) in [6, 6.07) is 11.4. The molecule has 4 N–H and O–H groups in total. The highest BCUT2D eigenvalue weighted by molar-refractivity contribution is 7.22. The van der Waals surface area contributed by atoms with Crippen molar-refractivity contribution >= 4 is 39.1 Å². The molecule has 0 atom stereocenters. The van der Waals surface area contributed by atoms with Gasteiger partial charge in [-0.05, 0) is 23.6 Å². The fraction of sp³-hybridized carbons (Fsp3) is 0.182. The number of carbonyl (C=O) groups excluding carboxylic acids is 1. The molecule has 0 saturated carbocycles. The number of rotatable bonds is 6. The van der Waals surface area contributed by atoms with Gasteiger partial charge >= 0.3 is 6.03 Å². The Morgan fingerprint density at radius 3 is 2.91 bits per heavy atom. The van der Waals surface area contributed by atoms with Gasteiger partial charge in [-0.25, -0.2) is 19.7 Å². The number of hydrogen-bond acceptors (Lipinski definition) is 7. The van der Waals surface area contributed by atoms with E-state index in [4.69, 9.17) is 5.73 Å². The zero-order valence-electron chi connectivity index (χ0n) is 17.0. The van der Waals surface area contributed by atoms with Gasteiger partial charge in [-0.3, -0.25) is 0 Å². The van der Waals surface area contributed by atoms with Crippen LogP contribution in [-0.2, 0) is 0 Å². The summed E-state index contributed by atoms with van der Waals surface area (Å²) in [5.41, 5.74) is 8.24. The van der Waals surface area contributed by atoms with E-state index in [0.29, 0.717) is 37.7 Å². The summed E-state index contributed by atoms with van der Waals surface area (Å²) < 4.78 is 14.9. The quantitative estimate of drug-likeness (QED) is 0.388. The van der Waals surface area contributed by atoms with E-state index in [-0.39, 0.29) is 11.7 Å². The Balaban J connectivity index is 1.41. The van der Waals surface area contributed by atoms with E-state index in [1.165, 1.54) is 6.20 Å². The maximum atomic E-state index is 13.9. The van der Waals surface area contributed by atoms with Gasteiger partial charge in [0.05, 0.1) is 16.3 Å². The molecule has 162 valence electrons. The van der Waals surface area contributed by atoms with E-state index in [1.54, 1.807) is 28.5 Å². The third-order valence-electron chi connectivity index (χ3n) is 5.29. The van der Waals surface area contributed by atoms with Crippen LogP contribution in [0.2, 0.25) is 0 Å². The Hall–Kier alpha value is -3.79. The van der Waals surface area contributed by atoms with Crippen molar-refractivity contribution in [2.24, 2.45) is 0 Å². The van der Waals surface area contributed by atoms with Gasteiger partial charge in [0.2, 0.25) is 11.9 Å². The number of thiophene rings is 1. The second-order valence-electron chi connectivity index (χ2n) is 7.31. The first-order valence-electron chi connectivity index (χ1n) is 10.1. The first-order valence-corrected chi connectivity index (χ1v) is 10.9. The molecule has 32 heavy (non-hydrogen) atoms. The van der Waals surface area contributed by atoms with Crippen LogP contribution in [0.1, 0.15) is 0 Å². The molecule has 0 unspecified atom stereocenters. The number of nitrogens with zero attached hydrogens (tertiary/aromatic N) is 4. The number of nitrogen functional groups attached to an aromatic ring is 1. The molecule has 0 radical (unpaired) electrons. The van der Waals surface area contributed by atoms with Gasteiger partial charge in [0.15, 0.2) is 0 Å². The minimum atomic E-state index is -0.672. The van der Waals surface area contributed by atoms with Gasteiger partial charge in [-0.15, -0.1) is 11.3 Å². The number of aromatic nitrogens is 3. The number of hydrogen-bond donors (Lipinski definition) is 3. The van der Waals surface area contributed by atoms with Crippen LogP contribution in [0, 0.1) is 5.95 Å². The Bertz CT molecular complexity index is 1310. The molecule has 1 aliphatic heterocycles. The monoisotopic (exact) mass is 449 g/mol. The van der Waals surface area contributed by atoms with Crippen molar-refractivity contribution < 1.29 is 9.18 Å². The van der Waals surface area contributed by atoms with Crippen molar-refractivity contribution in [2.75, 3.05) is 37.2 Å². The van der Waals surface area contributed by atoms with Gasteiger partial charge in [0.25, 0.3) is 0 Å². The van der Waals surface area contributed by atoms with E-state index < -0.39 is 5.95 Å². The Labute approximate surface area is 187 Å². The molecule has 1 saturated heterocycles. The van der Waals surface area contributed by atoms with Crippen molar-refractivity contribution in [1.29, 1.82) is 0 Å². The van der Waals surface area contributed by atoms with Crippen molar-refractivity contribution in [1.82, 2.24) is 25.2 Å².